The van der Waals surface area contributed by atoms with Gasteiger partial charge in [-0.3, -0.25) is 4.79 Å². The number of aromatic nitrogens is 3. The number of rotatable bonds is 6. The van der Waals surface area contributed by atoms with Crippen LogP contribution in [0.5, 0.6) is 0 Å². The van der Waals surface area contributed by atoms with E-state index in [-0.39, 0.29) is 33.9 Å². The highest BCUT2D eigenvalue weighted by Gasteiger charge is 2.32. The van der Waals surface area contributed by atoms with Gasteiger partial charge in [-0.1, -0.05) is 29.8 Å². The lowest BCUT2D eigenvalue weighted by Crippen LogP contribution is -2.18. The Bertz CT molecular complexity index is 1810. The standard InChI is InChI=1S/C29H28N4O7S/c1-16-5-7-18(8-6-16)23-14-22(25-17(2)32-33(26(25)30-23)20-11-12-41(37,38)15-20)27(34)31-24-13-19(28(35)39-3)9-10-21(24)29(36)40-4/h5-10,13-14,20H,11-12,15H2,1-4H3,(H,31,34). The van der Waals surface area contributed by atoms with Crippen LogP contribution in [0.3, 0.4) is 0 Å². The molecule has 1 aliphatic heterocycles. The first-order valence-corrected chi connectivity index (χ1v) is 14.6. The molecule has 41 heavy (non-hydrogen) atoms. The molecule has 1 unspecified atom stereocenters. The van der Waals surface area contributed by atoms with Crippen molar-refractivity contribution in [2.24, 2.45) is 0 Å². The number of sulfone groups is 1. The number of anilines is 1. The Hall–Kier alpha value is -4.58. The van der Waals surface area contributed by atoms with Crippen LogP contribution in [0, 0.1) is 13.8 Å². The minimum absolute atomic E-state index is 0.0427. The molecule has 0 bridgehead atoms. The zero-order chi connectivity index (χ0) is 29.5. The summed E-state index contributed by atoms with van der Waals surface area (Å²) in [4.78, 5) is 43.4. The minimum atomic E-state index is -3.22. The van der Waals surface area contributed by atoms with Crippen molar-refractivity contribution in [2.45, 2.75) is 26.3 Å². The molecule has 0 aliphatic carbocycles. The molecular weight excluding hydrogens is 548 g/mol. The summed E-state index contributed by atoms with van der Waals surface area (Å²) in [6.07, 6.45) is 0.388. The minimum Gasteiger partial charge on any atom is -0.465 e. The first-order chi connectivity index (χ1) is 19.5. The van der Waals surface area contributed by atoms with E-state index in [1.54, 1.807) is 17.7 Å². The molecule has 3 heterocycles. The number of aryl methyl sites for hydroxylation is 2. The van der Waals surface area contributed by atoms with Crippen molar-refractivity contribution < 1.29 is 32.3 Å². The van der Waals surface area contributed by atoms with Crippen molar-refractivity contribution >= 4 is 44.4 Å². The second-order valence-corrected chi connectivity index (χ2v) is 12.1. The number of amides is 1. The van der Waals surface area contributed by atoms with Crippen molar-refractivity contribution in [1.82, 2.24) is 14.8 Å². The number of hydrogen-bond acceptors (Lipinski definition) is 9. The number of ether oxygens (including phenoxy) is 2. The summed E-state index contributed by atoms with van der Waals surface area (Å²) in [7, 11) is -0.777. The predicted molar refractivity (Wildman–Crippen MR) is 152 cm³/mol. The van der Waals surface area contributed by atoms with Crippen LogP contribution in [0.4, 0.5) is 5.69 Å². The fraction of sp³-hybridized carbons (Fsp3) is 0.276. The molecular formula is C29H28N4O7S. The SMILES string of the molecule is COC(=O)c1ccc(C(=O)OC)c(NC(=O)c2cc(-c3ccc(C)cc3)nc3c2c(C)nn3C2CCS(=O)(=O)C2)c1. The molecule has 11 nitrogen and oxygen atoms in total. The number of pyridine rings is 1. The number of fused-ring (bicyclic) bond motifs is 1. The molecule has 1 saturated heterocycles. The monoisotopic (exact) mass is 576 g/mol. The summed E-state index contributed by atoms with van der Waals surface area (Å²) < 4.78 is 35.8. The molecule has 2 aromatic heterocycles. The van der Waals surface area contributed by atoms with Crippen LogP contribution >= 0.6 is 0 Å². The zero-order valence-corrected chi connectivity index (χ0v) is 23.7. The Morgan fingerprint density at radius 2 is 1.66 bits per heavy atom. The van der Waals surface area contributed by atoms with Crippen LogP contribution < -0.4 is 5.32 Å². The molecule has 0 radical (unpaired) electrons. The molecule has 1 fully saturated rings. The van der Waals surface area contributed by atoms with E-state index in [4.69, 9.17) is 14.5 Å². The molecule has 212 valence electrons. The van der Waals surface area contributed by atoms with E-state index >= 15 is 0 Å². The van der Waals surface area contributed by atoms with Crippen molar-refractivity contribution in [3.8, 4) is 11.3 Å². The summed E-state index contributed by atoms with van der Waals surface area (Å²) >= 11 is 0. The summed E-state index contributed by atoms with van der Waals surface area (Å²) in [5.74, 6) is -1.95. The van der Waals surface area contributed by atoms with E-state index < -0.39 is 33.7 Å². The topological polar surface area (TPSA) is 147 Å². The van der Waals surface area contributed by atoms with Gasteiger partial charge in [-0.25, -0.2) is 27.7 Å². The van der Waals surface area contributed by atoms with Crippen LogP contribution in [-0.2, 0) is 19.3 Å². The van der Waals surface area contributed by atoms with Gasteiger partial charge in [-0.15, -0.1) is 0 Å². The summed E-state index contributed by atoms with van der Waals surface area (Å²) in [6.45, 7) is 3.68. The number of nitrogens with zero attached hydrogens (tertiary/aromatic N) is 3. The van der Waals surface area contributed by atoms with Crippen molar-refractivity contribution in [2.75, 3.05) is 31.0 Å². The van der Waals surface area contributed by atoms with E-state index in [0.29, 0.717) is 28.8 Å². The Kier molecular flexibility index (Phi) is 7.35. The maximum atomic E-state index is 13.9. The number of carbonyl (C=O) groups is 3. The van der Waals surface area contributed by atoms with Gasteiger partial charge in [0.05, 0.1) is 70.9 Å². The van der Waals surface area contributed by atoms with Crippen LogP contribution in [-0.4, -0.2) is 66.8 Å². The largest absolute Gasteiger partial charge is 0.465 e. The lowest BCUT2D eigenvalue weighted by molar-refractivity contribution is 0.0587. The molecule has 1 aliphatic rings. The molecule has 5 rings (SSSR count). The van der Waals surface area contributed by atoms with Gasteiger partial charge in [0.25, 0.3) is 5.91 Å². The Morgan fingerprint density at radius 3 is 2.29 bits per heavy atom. The van der Waals surface area contributed by atoms with E-state index in [1.807, 2.05) is 31.2 Å². The lowest BCUT2D eigenvalue weighted by atomic mass is 10.0. The van der Waals surface area contributed by atoms with E-state index in [0.717, 1.165) is 11.1 Å². The third-order valence-corrected chi connectivity index (χ3v) is 8.83. The zero-order valence-electron chi connectivity index (χ0n) is 22.9. The number of hydrogen-bond donors (Lipinski definition) is 1. The number of nitrogens with one attached hydrogen (secondary N) is 1. The first-order valence-electron chi connectivity index (χ1n) is 12.8. The molecule has 0 saturated carbocycles. The van der Waals surface area contributed by atoms with Gasteiger partial charge in [0, 0.05) is 5.56 Å². The summed E-state index contributed by atoms with van der Waals surface area (Å²) in [5.41, 5.74) is 3.60. The third-order valence-electron chi connectivity index (χ3n) is 7.08. The van der Waals surface area contributed by atoms with Crippen LogP contribution in [0.2, 0.25) is 0 Å². The predicted octanol–water partition coefficient (Wildman–Crippen LogP) is 3.90. The van der Waals surface area contributed by atoms with Crippen LogP contribution in [0.15, 0.2) is 48.5 Å². The van der Waals surface area contributed by atoms with Gasteiger partial charge < -0.3 is 14.8 Å². The molecule has 4 aromatic rings. The van der Waals surface area contributed by atoms with E-state index in [2.05, 4.69) is 10.4 Å². The van der Waals surface area contributed by atoms with Gasteiger partial charge in [0.1, 0.15) is 0 Å². The second-order valence-electron chi connectivity index (χ2n) is 9.90. The van der Waals surface area contributed by atoms with Crippen LogP contribution in [0.1, 0.15) is 54.8 Å². The number of carbonyl (C=O) groups excluding carboxylic acids is 3. The molecule has 1 amide bonds. The number of esters is 2. The second kappa shape index (κ2) is 10.8. The third kappa shape index (κ3) is 5.42. The maximum Gasteiger partial charge on any atom is 0.339 e. The highest BCUT2D eigenvalue weighted by atomic mass is 32.2. The number of methoxy groups -OCH3 is 2. The molecule has 2 aromatic carbocycles. The van der Waals surface area contributed by atoms with Crippen molar-refractivity contribution in [3.05, 3.63) is 76.5 Å². The summed E-state index contributed by atoms with van der Waals surface area (Å²) in [6, 6.07) is 12.9. The van der Waals surface area contributed by atoms with Gasteiger partial charge in [-0.05, 0) is 44.5 Å². The van der Waals surface area contributed by atoms with Gasteiger partial charge in [-0.2, -0.15) is 5.10 Å². The molecule has 1 N–H and O–H groups in total. The lowest BCUT2D eigenvalue weighted by Gasteiger charge is -2.14. The average Bonchev–Trinajstić information content (AvgIpc) is 3.50. The van der Waals surface area contributed by atoms with E-state index in [1.165, 1.54) is 32.4 Å². The number of benzene rings is 2. The highest BCUT2D eigenvalue weighted by Crippen LogP contribution is 2.33. The van der Waals surface area contributed by atoms with Crippen LogP contribution in [0.25, 0.3) is 22.3 Å². The van der Waals surface area contributed by atoms with Gasteiger partial charge >= 0.3 is 11.9 Å². The average molecular weight is 577 g/mol. The summed E-state index contributed by atoms with van der Waals surface area (Å²) in [5, 5.41) is 7.82. The molecule has 12 heteroatoms. The smallest absolute Gasteiger partial charge is 0.339 e. The maximum absolute atomic E-state index is 13.9. The van der Waals surface area contributed by atoms with E-state index in [9.17, 15) is 22.8 Å². The fourth-order valence-electron chi connectivity index (χ4n) is 4.96. The highest BCUT2D eigenvalue weighted by molar-refractivity contribution is 7.91. The first kappa shape index (κ1) is 28.0. The van der Waals surface area contributed by atoms with Crippen molar-refractivity contribution in [1.29, 1.82) is 0 Å². The molecule has 0 spiro atoms. The Morgan fingerprint density at radius 1 is 0.951 bits per heavy atom. The Labute approximate surface area is 236 Å². The van der Waals surface area contributed by atoms with Crippen molar-refractivity contribution in [3.63, 3.8) is 0 Å². The quantitative estimate of drug-likeness (QED) is 0.338. The Balaban J connectivity index is 1.67. The molecule has 1 atom stereocenters. The fourth-order valence-corrected chi connectivity index (χ4v) is 6.65. The normalized spacial score (nSPS) is 16.0. The van der Waals surface area contributed by atoms with Gasteiger partial charge in [0.2, 0.25) is 0 Å². The van der Waals surface area contributed by atoms with Gasteiger partial charge in [0.15, 0.2) is 15.5 Å².